The van der Waals surface area contributed by atoms with Crippen LogP contribution in [0.25, 0.3) is 0 Å². The average Bonchev–Trinajstić information content (AvgIpc) is 2.90. The molecule has 0 bridgehead atoms. The molecule has 0 saturated carbocycles. The highest BCUT2D eigenvalue weighted by Gasteiger charge is 2.24. The van der Waals surface area contributed by atoms with Crippen molar-refractivity contribution in [2.75, 3.05) is 25.2 Å². The topological polar surface area (TPSA) is 47.5 Å². The smallest absolute Gasteiger partial charge is 0.205 e. The summed E-state index contributed by atoms with van der Waals surface area (Å²) in [5, 5.41) is 0.953. The molecule has 2 aromatic rings. The number of hydrogen-bond donors (Lipinski definition) is 0. The molecule has 0 radical (unpaired) electrons. The second-order valence-electron chi connectivity index (χ2n) is 5.13. The standard InChI is InChI=1S/C15H19N3O2S/c1-11-10-20-13-6-4-3-5-12(13)9-18(11)15-16-14(17-21-15)7-8-19-2/h3-6,11H,7-10H2,1-2H3. The van der Waals surface area contributed by atoms with Gasteiger partial charge in [0.05, 0.1) is 12.6 Å². The molecule has 21 heavy (non-hydrogen) atoms. The third kappa shape index (κ3) is 3.16. The monoisotopic (exact) mass is 305 g/mol. The summed E-state index contributed by atoms with van der Waals surface area (Å²) in [4.78, 5) is 6.90. The summed E-state index contributed by atoms with van der Waals surface area (Å²) < 4.78 is 15.4. The quantitative estimate of drug-likeness (QED) is 0.868. The Morgan fingerprint density at radius 1 is 1.43 bits per heavy atom. The molecule has 1 aliphatic rings. The van der Waals surface area contributed by atoms with E-state index in [1.807, 2.05) is 18.2 Å². The molecule has 1 aromatic heterocycles. The summed E-state index contributed by atoms with van der Waals surface area (Å²) in [7, 11) is 1.69. The minimum Gasteiger partial charge on any atom is -0.491 e. The van der Waals surface area contributed by atoms with Crippen molar-refractivity contribution in [2.45, 2.75) is 25.9 Å². The highest BCUT2D eigenvalue weighted by Crippen LogP contribution is 2.29. The lowest BCUT2D eigenvalue weighted by Gasteiger charge is -2.25. The van der Waals surface area contributed by atoms with Crippen LogP contribution in [0.4, 0.5) is 5.13 Å². The maximum Gasteiger partial charge on any atom is 0.205 e. The van der Waals surface area contributed by atoms with Crippen molar-refractivity contribution in [3.05, 3.63) is 35.7 Å². The van der Waals surface area contributed by atoms with Crippen molar-refractivity contribution in [3.8, 4) is 5.75 Å². The first-order valence-electron chi connectivity index (χ1n) is 7.07. The van der Waals surface area contributed by atoms with Gasteiger partial charge in [0.25, 0.3) is 0 Å². The van der Waals surface area contributed by atoms with Gasteiger partial charge >= 0.3 is 0 Å². The Morgan fingerprint density at radius 3 is 3.14 bits per heavy atom. The molecule has 3 rings (SSSR count). The summed E-state index contributed by atoms with van der Waals surface area (Å²) in [6.07, 6.45) is 0.752. The lowest BCUT2D eigenvalue weighted by atomic mass is 10.2. The molecule has 6 heteroatoms. The van der Waals surface area contributed by atoms with E-state index in [0.29, 0.717) is 13.2 Å². The number of benzene rings is 1. The lowest BCUT2D eigenvalue weighted by molar-refractivity contribution is 0.201. The summed E-state index contributed by atoms with van der Waals surface area (Å²) in [5.41, 5.74) is 1.19. The van der Waals surface area contributed by atoms with Crippen LogP contribution in [0.15, 0.2) is 24.3 Å². The van der Waals surface area contributed by atoms with Crippen LogP contribution in [0.5, 0.6) is 5.75 Å². The minimum absolute atomic E-state index is 0.264. The SMILES string of the molecule is COCCc1nsc(N2Cc3ccccc3OCC2C)n1. The number of methoxy groups -OCH3 is 1. The van der Waals surface area contributed by atoms with Gasteiger partial charge in [-0.05, 0) is 13.0 Å². The van der Waals surface area contributed by atoms with E-state index < -0.39 is 0 Å². The predicted octanol–water partition coefficient (Wildman–Crippen LogP) is 2.51. The maximum atomic E-state index is 5.88. The van der Waals surface area contributed by atoms with Gasteiger partial charge < -0.3 is 14.4 Å². The third-order valence-corrected chi connectivity index (χ3v) is 4.35. The Bertz CT molecular complexity index is 602. The molecule has 1 unspecified atom stereocenters. The molecule has 0 fully saturated rings. The van der Waals surface area contributed by atoms with Gasteiger partial charge in [-0.25, -0.2) is 4.98 Å². The lowest BCUT2D eigenvalue weighted by Crippen LogP contribution is -2.34. The molecule has 0 saturated heterocycles. The number of aromatic nitrogens is 2. The van der Waals surface area contributed by atoms with E-state index in [9.17, 15) is 0 Å². The number of hydrogen-bond acceptors (Lipinski definition) is 6. The van der Waals surface area contributed by atoms with Gasteiger partial charge in [0.2, 0.25) is 5.13 Å². The van der Waals surface area contributed by atoms with Crippen molar-refractivity contribution in [1.82, 2.24) is 9.36 Å². The third-order valence-electron chi connectivity index (χ3n) is 3.56. The van der Waals surface area contributed by atoms with E-state index in [0.717, 1.165) is 29.7 Å². The number of rotatable bonds is 4. The van der Waals surface area contributed by atoms with E-state index in [-0.39, 0.29) is 6.04 Å². The van der Waals surface area contributed by atoms with Crippen molar-refractivity contribution in [2.24, 2.45) is 0 Å². The zero-order valence-electron chi connectivity index (χ0n) is 12.3. The van der Waals surface area contributed by atoms with Crippen LogP contribution < -0.4 is 9.64 Å². The molecule has 0 amide bonds. The van der Waals surface area contributed by atoms with Gasteiger partial charge in [-0.15, -0.1) is 0 Å². The predicted molar refractivity (Wildman–Crippen MR) is 83.1 cm³/mol. The highest BCUT2D eigenvalue weighted by atomic mass is 32.1. The number of anilines is 1. The fraction of sp³-hybridized carbons (Fsp3) is 0.467. The first-order valence-corrected chi connectivity index (χ1v) is 7.84. The van der Waals surface area contributed by atoms with Crippen LogP contribution in [0.3, 0.4) is 0 Å². The normalized spacial score (nSPS) is 18.0. The van der Waals surface area contributed by atoms with Crippen molar-refractivity contribution < 1.29 is 9.47 Å². The van der Waals surface area contributed by atoms with E-state index in [1.54, 1.807) is 7.11 Å². The van der Waals surface area contributed by atoms with Crippen LogP contribution >= 0.6 is 11.5 Å². The largest absolute Gasteiger partial charge is 0.491 e. The second kappa shape index (κ2) is 6.41. The average molecular weight is 305 g/mol. The van der Waals surface area contributed by atoms with Crippen LogP contribution in [-0.4, -0.2) is 35.7 Å². The Hall–Kier alpha value is -1.66. The molecule has 0 spiro atoms. The first-order chi connectivity index (χ1) is 10.3. The van der Waals surface area contributed by atoms with E-state index in [4.69, 9.17) is 9.47 Å². The van der Waals surface area contributed by atoms with Gasteiger partial charge in [0.1, 0.15) is 18.2 Å². The molecule has 0 aliphatic carbocycles. The Labute approximate surface area is 128 Å². The Kier molecular flexibility index (Phi) is 4.36. The van der Waals surface area contributed by atoms with E-state index in [1.165, 1.54) is 17.1 Å². The van der Waals surface area contributed by atoms with Crippen molar-refractivity contribution in [3.63, 3.8) is 0 Å². The Balaban J connectivity index is 1.81. The number of nitrogens with zero attached hydrogens (tertiary/aromatic N) is 3. The molecule has 1 atom stereocenters. The fourth-order valence-corrected chi connectivity index (χ4v) is 3.14. The van der Waals surface area contributed by atoms with Crippen LogP contribution in [-0.2, 0) is 17.7 Å². The van der Waals surface area contributed by atoms with Crippen molar-refractivity contribution >= 4 is 16.7 Å². The minimum atomic E-state index is 0.264. The zero-order valence-corrected chi connectivity index (χ0v) is 13.1. The summed E-state index contributed by atoms with van der Waals surface area (Å²) in [6.45, 7) is 4.26. The van der Waals surface area contributed by atoms with Crippen molar-refractivity contribution in [1.29, 1.82) is 0 Å². The highest BCUT2D eigenvalue weighted by molar-refractivity contribution is 7.09. The summed E-state index contributed by atoms with van der Waals surface area (Å²) >= 11 is 1.45. The van der Waals surface area contributed by atoms with Gasteiger partial charge in [-0.1, -0.05) is 18.2 Å². The number of para-hydroxylation sites is 1. The van der Waals surface area contributed by atoms with Crippen LogP contribution in [0.2, 0.25) is 0 Å². The first kappa shape index (κ1) is 14.3. The number of fused-ring (bicyclic) bond motifs is 1. The second-order valence-corrected chi connectivity index (χ2v) is 5.86. The molecule has 1 aliphatic heterocycles. The molecule has 0 N–H and O–H groups in total. The fourth-order valence-electron chi connectivity index (χ4n) is 2.33. The molecular weight excluding hydrogens is 286 g/mol. The molecule has 5 nitrogen and oxygen atoms in total. The van der Waals surface area contributed by atoms with Crippen LogP contribution in [0, 0.1) is 0 Å². The maximum absolute atomic E-state index is 5.88. The molecule has 112 valence electrons. The van der Waals surface area contributed by atoms with Gasteiger partial charge in [0.15, 0.2) is 0 Å². The molecule has 1 aromatic carbocycles. The summed E-state index contributed by atoms with van der Waals surface area (Å²) in [6, 6.07) is 8.44. The van der Waals surface area contributed by atoms with Gasteiger partial charge in [-0.2, -0.15) is 4.37 Å². The molecular formula is C15H19N3O2S. The molecule has 2 heterocycles. The summed E-state index contributed by atoms with van der Waals surface area (Å²) in [5.74, 6) is 1.82. The van der Waals surface area contributed by atoms with Crippen LogP contribution in [0.1, 0.15) is 18.3 Å². The van der Waals surface area contributed by atoms with E-state index >= 15 is 0 Å². The van der Waals surface area contributed by atoms with E-state index in [2.05, 4.69) is 27.2 Å². The zero-order chi connectivity index (χ0) is 14.7. The Morgan fingerprint density at radius 2 is 2.29 bits per heavy atom. The van der Waals surface area contributed by atoms with Gasteiger partial charge in [-0.3, -0.25) is 0 Å². The number of ether oxygens (including phenoxy) is 2. The van der Waals surface area contributed by atoms with Gasteiger partial charge in [0, 0.05) is 37.2 Å².